The minimum atomic E-state index is -0.102. The summed E-state index contributed by atoms with van der Waals surface area (Å²) in [6.07, 6.45) is 4.07. The highest BCUT2D eigenvalue weighted by atomic mass is 16.2. The Morgan fingerprint density at radius 2 is 0.810 bits per heavy atom. The van der Waals surface area contributed by atoms with Gasteiger partial charge in [0.1, 0.15) is 0 Å². The molecule has 0 unspecified atom stereocenters. The van der Waals surface area contributed by atoms with Gasteiger partial charge >= 0.3 is 0 Å². The number of hydrogen-bond donors (Lipinski definition) is 2. The van der Waals surface area contributed by atoms with Crippen molar-refractivity contribution in [3.8, 4) is 22.3 Å². The van der Waals surface area contributed by atoms with Gasteiger partial charge < -0.3 is 0 Å². The highest BCUT2D eigenvalue weighted by Crippen LogP contribution is 2.20. The highest BCUT2D eigenvalue weighted by molar-refractivity contribution is 6.00. The molecule has 0 spiro atoms. The molecule has 0 aliphatic carbocycles. The Morgan fingerprint density at radius 3 is 1.17 bits per heavy atom. The molecule has 0 aromatic heterocycles. The van der Waals surface area contributed by atoms with Crippen LogP contribution < -0.4 is 10.9 Å². The number of carbonyl (C=O) groups excluding carboxylic acids is 2. The summed E-state index contributed by atoms with van der Waals surface area (Å²) in [4.78, 5) is 24.4. The summed E-state index contributed by atoms with van der Waals surface area (Å²) in [6.45, 7) is 3.77. The fourth-order valence-corrected chi connectivity index (χ4v) is 4.53. The second-order valence-corrected chi connectivity index (χ2v) is 10.3. The molecule has 4 rings (SSSR count). The molecule has 0 bridgehead atoms. The average molecular weight is 559 g/mol. The molecule has 6 nitrogen and oxygen atoms in total. The van der Waals surface area contributed by atoms with E-state index in [4.69, 9.17) is 0 Å². The molecule has 0 atom stereocenters. The van der Waals surface area contributed by atoms with Gasteiger partial charge in [0.15, 0.2) is 0 Å². The van der Waals surface area contributed by atoms with Gasteiger partial charge in [0.2, 0.25) is 11.8 Å². The van der Waals surface area contributed by atoms with Crippen LogP contribution >= 0.6 is 0 Å². The van der Waals surface area contributed by atoms with Crippen LogP contribution in [0.5, 0.6) is 0 Å². The van der Waals surface area contributed by atoms with Crippen LogP contribution in [0.3, 0.4) is 0 Å². The third kappa shape index (κ3) is 9.37. The molecule has 0 fully saturated rings. The standard InChI is InChI=1S/C36H38N4O2/c1-27(29-19-23-33(24-20-29)31-13-7-5-8-14-31)37-39-35(41)17-11-3-4-12-18-36(42)40-38-28(2)30-21-25-34(26-22-30)32-15-9-6-10-16-32/h5-10,13-16,19-26H,3-4,11-12,17-18H2,1-2H3,(H,39,41)(H,40,42). The quantitative estimate of drug-likeness (QED) is 0.0999. The summed E-state index contributed by atoms with van der Waals surface area (Å²) >= 11 is 0. The predicted octanol–water partition coefficient (Wildman–Crippen LogP) is 7.74. The van der Waals surface area contributed by atoms with Gasteiger partial charge in [-0.25, -0.2) is 10.9 Å². The summed E-state index contributed by atoms with van der Waals surface area (Å²) in [5.41, 5.74) is 13.4. The molecular weight excluding hydrogens is 520 g/mol. The smallest absolute Gasteiger partial charge is 0.240 e. The summed E-state index contributed by atoms with van der Waals surface area (Å²) in [5, 5.41) is 8.52. The van der Waals surface area contributed by atoms with Crippen molar-refractivity contribution in [2.24, 2.45) is 10.2 Å². The normalized spacial score (nSPS) is 11.7. The van der Waals surface area contributed by atoms with Crippen LogP contribution in [-0.4, -0.2) is 23.2 Å². The minimum absolute atomic E-state index is 0.102. The minimum Gasteiger partial charge on any atom is -0.273 e. The zero-order valence-corrected chi connectivity index (χ0v) is 24.3. The Labute approximate surface area is 248 Å². The number of benzene rings is 4. The lowest BCUT2D eigenvalue weighted by atomic mass is 10.0. The van der Waals surface area contributed by atoms with Gasteiger partial charge in [-0.2, -0.15) is 10.2 Å². The largest absolute Gasteiger partial charge is 0.273 e. The monoisotopic (exact) mass is 558 g/mol. The van der Waals surface area contributed by atoms with Gasteiger partial charge in [0.25, 0.3) is 0 Å². The first-order valence-corrected chi connectivity index (χ1v) is 14.5. The summed E-state index contributed by atoms with van der Waals surface area (Å²) in [6, 6.07) is 36.7. The first-order chi connectivity index (χ1) is 20.5. The fourth-order valence-electron chi connectivity index (χ4n) is 4.53. The van der Waals surface area contributed by atoms with Gasteiger partial charge in [-0.3, -0.25) is 9.59 Å². The van der Waals surface area contributed by atoms with Gasteiger partial charge in [-0.05, 0) is 60.1 Å². The van der Waals surface area contributed by atoms with Crippen molar-refractivity contribution in [2.75, 3.05) is 0 Å². The Bertz CT molecular complexity index is 1380. The van der Waals surface area contributed by atoms with E-state index in [1.807, 2.05) is 74.5 Å². The zero-order chi connectivity index (χ0) is 29.6. The number of nitrogens with zero attached hydrogens (tertiary/aromatic N) is 2. The number of hydrogen-bond acceptors (Lipinski definition) is 4. The maximum absolute atomic E-state index is 12.2. The van der Waals surface area contributed by atoms with E-state index < -0.39 is 0 Å². The molecule has 4 aromatic rings. The molecule has 0 saturated carbocycles. The Hall–Kier alpha value is -4.84. The van der Waals surface area contributed by atoms with E-state index in [9.17, 15) is 9.59 Å². The lowest BCUT2D eigenvalue weighted by Crippen LogP contribution is -2.19. The van der Waals surface area contributed by atoms with Crippen molar-refractivity contribution in [2.45, 2.75) is 52.4 Å². The molecule has 4 aromatic carbocycles. The van der Waals surface area contributed by atoms with E-state index in [0.717, 1.165) is 70.5 Å². The first kappa shape index (κ1) is 30.1. The summed E-state index contributed by atoms with van der Waals surface area (Å²) in [7, 11) is 0. The molecule has 6 heteroatoms. The topological polar surface area (TPSA) is 82.9 Å². The van der Waals surface area contributed by atoms with Crippen molar-refractivity contribution in [1.29, 1.82) is 0 Å². The molecule has 0 aliphatic heterocycles. The molecule has 2 amide bonds. The van der Waals surface area contributed by atoms with Crippen LogP contribution in [0.25, 0.3) is 22.3 Å². The van der Waals surface area contributed by atoms with Crippen molar-refractivity contribution >= 4 is 23.2 Å². The first-order valence-electron chi connectivity index (χ1n) is 14.5. The van der Waals surface area contributed by atoms with Crippen molar-refractivity contribution in [1.82, 2.24) is 10.9 Å². The predicted molar refractivity (Wildman–Crippen MR) is 172 cm³/mol. The number of hydrazone groups is 2. The number of rotatable bonds is 13. The molecule has 0 saturated heterocycles. The number of nitrogens with one attached hydrogen (secondary N) is 2. The van der Waals surface area contributed by atoms with E-state index in [-0.39, 0.29) is 11.8 Å². The molecule has 0 heterocycles. The second kappa shape index (κ2) is 15.8. The van der Waals surface area contributed by atoms with Crippen LogP contribution in [0.4, 0.5) is 0 Å². The van der Waals surface area contributed by atoms with E-state index in [0.29, 0.717) is 12.8 Å². The average Bonchev–Trinajstić information content (AvgIpc) is 3.05. The maximum atomic E-state index is 12.2. The highest BCUT2D eigenvalue weighted by Gasteiger charge is 2.05. The number of unbranched alkanes of at least 4 members (excludes halogenated alkanes) is 3. The lowest BCUT2D eigenvalue weighted by Gasteiger charge is -2.06. The van der Waals surface area contributed by atoms with Gasteiger partial charge in [-0.1, -0.05) is 122 Å². The summed E-state index contributed by atoms with van der Waals surface area (Å²) < 4.78 is 0. The fraction of sp³-hybridized carbons (Fsp3) is 0.222. The third-order valence-electron chi connectivity index (χ3n) is 7.07. The third-order valence-corrected chi connectivity index (χ3v) is 7.07. The van der Waals surface area contributed by atoms with E-state index in [2.05, 4.69) is 69.6 Å². The lowest BCUT2D eigenvalue weighted by molar-refractivity contribution is -0.122. The van der Waals surface area contributed by atoms with Crippen LogP contribution in [0.15, 0.2) is 119 Å². The molecule has 42 heavy (non-hydrogen) atoms. The molecule has 214 valence electrons. The van der Waals surface area contributed by atoms with E-state index >= 15 is 0 Å². The SMILES string of the molecule is CC(=NNC(=O)CCCCCCC(=O)NN=C(C)c1ccc(-c2ccccc2)cc1)c1ccc(-c2ccccc2)cc1. The second-order valence-electron chi connectivity index (χ2n) is 10.3. The Morgan fingerprint density at radius 1 is 0.476 bits per heavy atom. The Balaban J connectivity index is 1.09. The van der Waals surface area contributed by atoms with Gasteiger partial charge in [-0.15, -0.1) is 0 Å². The zero-order valence-electron chi connectivity index (χ0n) is 24.3. The van der Waals surface area contributed by atoms with Crippen LogP contribution in [0.1, 0.15) is 63.5 Å². The maximum Gasteiger partial charge on any atom is 0.240 e. The molecule has 0 aliphatic rings. The Kier molecular flexibility index (Phi) is 11.3. The number of amides is 2. The van der Waals surface area contributed by atoms with E-state index in [1.54, 1.807) is 0 Å². The van der Waals surface area contributed by atoms with Crippen molar-refractivity contribution in [3.63, 3.8) is 0 Å². The van der Waals surface area contributed by atoms with Crippen LogP contribution in [0.2, 0.25) is 0 Å². The van der Waals surface area contributed by atoms with Crippen molar-refractivity contribution < 1.29 is 9.59 Å². The number of carbonyl (C=O) groups is 2. The van der Waals surface area contributed by atoms with Crippen LogP contribution in [0, 0.1) is 0 Å². The summed E-state index contributed by atoms with van der Waals surface area (Å²) in [5.74, 6) is -0.204. The molecule has 0 radical (unpaired) electrons. The molecule has 2 N–H and O–H groups in total. The van der Waals surface area contributed by atoms with Gasteiger partial charge in [0.05, 0.1) is 11.4 Å². The molecular formula is C36H38N4O2. The van der Waals surface area contributed by atoms with Crippen LogP contribution in [-0.2, 0) is 9.59 Å². The van der Waals surface area contributed by atoms with E-state index in [1.165, 1.54) is 0 Å². The van der Waals surface area contributed by atoms with Crippen molar-refractivity contribution in [3.05, 3.63) is 120 Å². The van der Waals surface area contributed by atoms with Gasteiger partial charge in [0, 0.05) is 12.8 Å².